The monoisotopic (exact) mass is 618 g/mol. The van der Waals surface area contributed by atoms with Crippen LogP contribution in [-0.4, -0.2) is 69.0 Å². The molecule has 0 atom stereocenters. The molecule has 2 rings (SSSR count). The van der Waals surface area contributed by atoms with Crippen molar-refractivity contribution in [3.05, 3.63) is 44.9 Å². The summed E-state index contributed by atoms with van der Waals surface area (Å²) in [6, 6.07) is 5.02. The van der Waals surface area contributed by atoms with E-state index in [4.69, 9.17) is 44.3 Å². The Balaban J connectivity index is 1.77. The molecule has 0 bridgehead atoms. The van der Waals surface area contributed by atoms with Crippen LogP contribution in [0.4, 0.5) is 21.0 Å². The molecule has 0 aliphatic heterocycles. The van der Waals surface area contributed by atoms with E-state index in [-0.39, 0.29) is 32.2 Å². The van der Waals surface area contributed by atoms with E-state index in [1.54, 1.807) is 6.92 Å². The van der Waals surface area contributed by atoms with Crippen LogP contribution < -0.4 is 10.6 Å². The maximum absolute atomic E-state index is 12.1. The molecular formula is C20H21Cl3N2O10S2. The summed E-state index contributed by atoms with van der Waals surface area (Å²) >= 11 is 17.3. The average Bonchev–Trinajstić information content (AvgIpc) is 2.74. The predicted molar refractivity (Wildman–Crippen MR) is 138 cm³/mol. The van der Waals surface area contributed by atoms with Crippen molar-refractivity contribution in [3.8, 4) is 11.5 Å². The third-order valence-corrected chi connectivity index (χ3v) is 9.69. The molecule has 37 heavy (non-hydrogen) atoms. The fourth-order valence-corrected chi connectivity index (χ4v) is 7.23. The van der Waals surface area contributed by atoms with E-state index in [9.17, 15) is 36.6 Å². The second-order valence-corrected chi connectivity index (χ2v) is 13.4. The molecule has 0 fully saturated rings. The maximum Gasteiger partial charge on any atom is 0.411 e. The minimum absolute atomic E-state index is 0.0151. The highest BCUT2D eigenvalue weighted by atomic mass is 35.5. The van der Waals surface area contributed by atoms with E-state index in [0.717, 1.165) is 0 Å². The average molecular weight is 620 g/mol. The van der Waals surface area contributed by atoms with Crippen LogP contribution in [0.5, 0.6) is 11.5 Å². The Bertz CT molecular complexity index is 1250. The molecular weight excluding hydrogens is 599 g/mol. The van der Waals surface area contributed by atoms with E-state index in [2.05, 4.69) is 10.6 Å². The molecule has 0 aromatic heterocycles. The number of carbonyl (C=O) groups is 2. The van der Waals surface area contributed by atoms with E-state index < -0.39 is 67.4 Å². The number of nitrogens with one attached hydrogen (secondary N) is 2. The number of anilines is 2. The number of halogens is 3. The summed E-state index contributed by atoms with van der Waals surface area (Å²) in [5.41, 5.74) is 0.637. The first-order valence-electron chi connectivity index (χ1n) is 10.0. The molecule has 0 saturated carbocycles. The molecule has 204 valence electrons. The highest BCUT2D eigenvalue weighted by Gasteiger charge is 2.23. The number of aryl methyl sites for hydroxylation is 1. The fraction of sp³-hybridized carbons (Fsp3) is 0.300. The standard InChI is InChI=1S/C20H21Cl3N2O10S2/c1-11-6-12(7-14(21)17(11)26)24-19(28)34-2-4-36(30,31)10-37(32,33)5-3-35-20(29)25-13-8-15(22)18(27)16(23)9-13/h6-9,26-27H,2-5,10H2,1H3,(H,24,28)(H,25,29). The van der Waals surface area contributed by atoms with Gasteiger partial charge in [0.25, 0.3) is 0 Å². The lowest BCUT2D eigenvalue weighted by molar-refractivity contribution is 0.167. The van der Waals surface area contributed by atoms with E-state index >= 15 is 0 Å². The second-order valence-electron chi connectivity index (χ2n) is 7.45. The summed E-state index contributed by atoms with van der Waals surface area (Å²) in [5, 5.41) is 22.1. The van der Waals surface area contributed by atoms with Crippen molar-refractivity contribution in [1.29, 1.82) is 0 Å². The van der Waals surface area contributed by atoms with Crippen LogP contribution in [0.25, 0.3) is 0 Å². The Labute approximate surface area is 227 Å². The quantitative estimate of drug-likeness (QED) is 0.284. The number of hydrogen-bond acceptors (Lipinski definition) is 10. The van der Waals surface area contributed by atoms with Gasteiger partial charge in [0, 0.05) is 11.4 Å². The van der Waals surface area contributed by atoms with E-state index in [0.29, 0.717) is 5.56 Å². The summed E-state index contributed by atoms with van der Waals surface area (Å²) in [4.78, 5) is 23.7. The molecule has 0 aliphatic rings. The Morgan fingerprint density at radius 1 is 0.757 bits per heavy atom. The van der Waals surface area contributed by atoms with Crippen LogP contribution in [0.2, 0.25) is 15.1 Å². The number of hydrogen-bond donors (Lipinski definition) is 4. The molecule has 2 aromatic carbocycles. The molecule has 0 unspecified atom stereocenters. The number of aromatic hydroxyl groups is 2. The molecule has 0 saturated heterocycles. The van der Waals surface area contributed by atoms with Crippen molar-refractivity contribution in [3.63, 3.8) is 0 Å². The van der Waals surface area contributed by atoms with Crippen molar-refractivity contribution < 1.29 is 46.1 Å². The van der Waals surface area contributed by atoms with Crippen LogP contribution in [0.15, 0.2) is 24.3 Å². The van der Waals surface area contributed by atoms with Crippen LogP contribution >= 0.6 is 34.8 Å². The molecule has 17 heteroatoms. The number of phenolic OH excluding ortho intramolecular Hbond substituents is 2. The smallest absolute Gasteiger partial charge is 0.411 e. The number of phenols is 2. The second kappa shape index (κ2) is 12.7. The lowest BCUT2D eigenvalue weighted by Gasteiger charge is -2.10. The molecule has 0 aliphatic carbocycles. The lowest BCUT2D eigenvalue weighted by atomic mass is 10.2. The van der Waals surface area contributed by atoms with Crippen molar-refractivity contribution in [2.45, 2.75) is 6.92 Å². The summed E-state index contributed by atoms with van der Waals surface area (Å²) in [6.45, 7) is 0.256. The van der Waals surface area contributed by atoms with Crippen LogP contribution in [0.3, 0.4) is 0 Å². The van der Waals surface area contributed by atoms with Crippen molar-refractivity contribution in [2.24, 2.45) is 0 Å². The van der Waals surface area contributed by atoms with E-state index in [1.165, 1.54) is 24.3 Å². The minimum Gasteiger partial charge on any atom is -0.506 e. The largest absolute Gasteiger partial charge is 0.506 e. The van der Waals surface area contributed by atoms with Gasteiger partial charge in [-0.15, -0.1) is 0 Å². The number of ether oxygens (including phenoxy) is 2. The van der Waals surface area contributed by atoms with Crippen molar-refractivity contribution in [2.75, 3.05) is 40.4 Å². The van der Waals surface area contributed by atoms with Crippen LogP contribution in [0, 0.1) is 6.92 Å². The topological polar surface area (TPSA) is 185 Å². The Morgan fingerprint density at radius 3 is 1.54 bits per heavy atom. The molecule has 0 heterocycles. The van der Waals surface area contributed by atoms with Gasteiger partial charge in [0.1, 0.15) is 19.0 Å². The van der Waals surface area contributed by atoms with Gasteiger partial charge in [0.2, 0.25) is 0 Å². The first-order chi connectivity index (χ1) is 17.1. The summed E-state index contributed by atoms with van der Waals surface area (Å²) in [7, 11) is -8.40. The van der Waals surface area contributed by atoms with E-state index in [1.807, 2.05) is 0 Å². The zero-order valence-electron chi connectivity index (χ0n) is 19.0. The number of benzene rings is 2. The number of rotatable bonds is 10. The first-order valence-corrected chi connectivity index (χ1v) is 14.8. The molecule has 0 radical (unpaired) electrons. The maximum atomic E-state index is 12.1. The Morgan fingerprint density at radius 2 is 1.14 bits per heavy atom. The van der Waals surface area contributed by atoms with Gasteiger partial charge in [-0.3, -0.25) is 10.6 Å². The van der Waals surface area contributed by atoms with Gasteiger partial charge in [-0.2, -0.15) is 0 Å². The van der Waals surface area contributed by atoms with Crippen LogP contribution in [0.1, 0.15) is 5.56 Å². The highest BCUT2D eigenvalue weighted by Crippen LogP contribution is 2.34. The normalized spacial score (nSPS) is 11.6. The molecule has 4 N–H and O–H groups in total. The summed E-state index contributed by atoms with van der Waals surface area (Å²) in [5.74, 6) is -2.12. The summed E-state index contributed by atoms with van der Waals surface area (Å²) in [6.07, 6.45) is -2.09. The molecule has 2 amide bonds. The SMILES string of the molecule is Cc1cc(NC(=O)OCCS(=O)(=O)CS(=O)(=O)CCOC(=O)Nc2cc(Cl)c(O)c(Cl)c2)cc(Cl)c1O. The van der Waals surface area contributed by atoms with Gasteiger partial charge in [0.15, 0.2) is 30.5 Å². The zero-order valence-corrected chi connectivity index (χ0v) is 22.9. The minimum atomic E-state index is -4.20. The molecule has 0 spiro atoms. The fourth-order valence-electron chi connectivity index (χ4n) is 2.67. The predicted octanol–water partition coefficient (Wildman–Crippen LogP) is 3.95. The summed E-state index contributed by atoms with van der Waals surface area (Å²) < 4.78 is 58.0. The zero-order chi connectivity index (χ0) is 28.0. The Kier molecular flexibility index (Phi) is 10.5. The number of sulfone groups is 2. The Hall–Kier alpha value is -2.65. The van der Waals surface area contributed by atoms with Crippen LogP contribution in [-0.2, 0) is 29.1 Å². The number of carbonyl (C=O) groups excluding carboxylic acids is 2. The third-order valence-electron chi connectivity index (χ3n) is 4.38. The van der Waals surface area contributed by atoms with Gasteiger partial charge in [-0.05, 0) is 36.8 Å². The van der Waals surface area contributed by atoms with Gasteiger partial charge >= 0.3 is 12.2 Å². The highest BCUT2D eigenvalue weighted by molar-refractivity contribution is 8.08. The van der Waals surface area contributed by atoms with Gasteiger partial charge in [-0.1, -0.05) is 34.8 Å². The van der Waals surface area contributed by atoms with Gasteiger partial charge in [0.05, 0.1) is 26.6 Å². The first kappa shape index (κ1) is 30.6. The van der Waals surface area contributed by atoms with Crippen molar-refractivity contribution >= 4 is 78.0 Å². The number of amides is 2. The van der Waals surface area contributed by atoms with Gasteiger partial charge in [-0.25, -0.2) is 26.4 Å². The van der Waals surface area contributed by atoms with Crippen molar-refractivity contribution in [1.82, 2.24) is 0 Å². The molecule has 12 nitrogen and oxygen atoms in total. The molecule has 2 aromatic rings. The lowest BCUT2D eigenvalue weighted by Crippen LogP contribution is -2.27. The van der Waals surface area contributed by atoms with Gasteiger partial charge < -0.3 is 19.7 Å². The third kappa shape index (κ3) is 9.97.